The summed E-state index contributed by atoms with van der Waals surface area (Å²) in [7, 11) is -2.16. The van der Waals surface area contributed by atoms with Crippen molar-refractivity contribution in [3.05, 3.63) is 66.4 Å². The van der Waals surface area contributed by atoms with Crippen LogP contribution in [0, 0.1) is 5.92 Å². The number of para-hydroxylation sites is 1. The Labute approximate surface area is 182 Å². The molecule has 1 fully saturated rings. The molecule has 3 aromatic rings. The highest BCUT2D eigenvalue weighted by Crippen LogP contribution is 2.28. The number of carbonyl (C=O) groups excluding carboxylic acids is 1. The van der Waals surface area contributed by atoms with Gasteiger partial charge < -0.3 is 10.1 Å². The van der Waals surface area contributed by atoms with E-state index in [9.17, 15) is 13.2 Å². The Morgan fingerprint density at radius 1 is 1.19 bits per heavy atom. The van der Waals surface area contributed by atoms with E-state index in [4.69, 9.17) is 4.74 Å². The molecule has 0 aliphatic carbocycles. The maximum Gasteiger partial charge on any atom is 0.245 e. The van der Waals surface area contributed by atoms with E-state index in [1.165, 1.54) is 4.31 Å². The lowest BCUT2D eigenvalue weighted by Crippen LogP contribution is -2.45. The van der Waals surface area contributed by atoms with Crippen LogP contribution in [0.15, 0.2) is 65.7 Å². The van der Waals surface area contributed by atoms with Gasteiger partial charge in [-0.05, 0) is 42.7 Å². The van der Waals surface area contributed by atoms with Crippen LogP contribution >= 0.6 is 0 Å². The molecule has 1 aliphatic heterocycles. The lowest BCUT2D eigenvalue weighted by molar-refractivity contribution is -0.126. The lowest BCUT2D eigenvalue weighted by atomic mass is 9.99. The van der Waals surface area contributed by atoms with Crippen molar-refractivity contribution >= 4 is 26.8 Å². The fraction of sp³-hybridized carbons (Fsp3) is 0.304. The summed E-state index contributed by atoms with van der Waals surface area (Å²) in [6, 6.07) is 16.3. The number of rotatable bonds is 6. The lowest BCUT2D eigenvalue weighted by Gasteiger charge is -2.31. The van der Waals surface area contributed by atoms with Crippen LogP contribution in [0.25, 0.3) is 10.9 Å². The minimum absolute atomic E-state index is 0.140. The SMILES string of the molecule is COc1cccc(CNC(=O)C2CCCN(S(=O)(=O)c3cccc4cccnc34)C2)c1. The monoisotopic (exact) mass is 439 g/mol. The van der Waals surface area contributed by atoms with E-state index in [2.05, 4.69) is 10.3 Å². The number of hydrogen-bond donors (Lipinski definition) is 1. The molecule has 0 bridgehead atoms. The number of piperidine rings is 1. The van der Waals surface area contributed by atoms with Crippen molar-refractivity contribution in [2.45, 2.75) is 24.3 Å². The maximum atomic E-state index is 13.4. The highest BCUT2D eigenvalue weighted by atomic mass is 32.2. The Balaban J connectivity index is 1.48. The van der Waals surface area contributed by atoms with Gasteiger partial charge in [0.05, 0.1) is 18.5 Å². The molecule has 1 unspecified atom stereocenters. The van der Waals surface area contributed by atoms with Gasteiger partial charge in [0.25, 0.3) is 0 Å². The van der Waals surface area contributed by atoms with Gasteiger partial charge in [-0.25, -0.2) is 8.42 Å². The predicted octanol–water partition coefficient (Wildman–Crippen LogP) is 2.96. The molecule has 1 atom stereocenters. The molecule has 0 saturated carbocycles. The molecular formula is C23H25N3O4S. The first-order valence-corrected chi connectivity index (χ1v) is 11.7. The molecule has 2 aromatic carbocycles. The van der Waals surface area contributed by atoms with Crippen molar-refractivity contribution in [2.75, 3.05) is 20.2 Å². The number of methoxy groups -OCH3 is 1. The number of nitrogens with zero attached hydrogens (tertiary/aromatic N) is 2. The van der Waals surface area contributed by atoms with Crippen molar-refractivity contribution < 1.29 is 17.9 Å². The molecule has 0 radical (unpaired) electrons. The largest absolute Gasteiger partial charge is 0.497 e. The Morgan fingerprint density at radius 2 is 2.00 bits per heavy atom. The van der Waals surface area contributed by atoms with E-state index < -0.39 is 15.9 Å². The summed E-state index contributed by atoms with van der Waals surface area (Å²) in [6.45, 7) is 0.924. The first-order chi connectivity index (χ1) is 15.0. The van der Waals surface area contributed by atoms with Crippen LogP contribution < -0.4 is 10.1 Å². The van der Waals surface area contributed by atoms with Crippen LogP contribution in [0.5, 0.6) is 5.75 Å². The van der Waals surface area contributed by atoms with Crippen molar-refractivity contribution in [3.8, 4) is 5.75 Å². The second-order valence-corrected chi connectivity index (χ2v) is 9.51. The first kappa shape index (κ1) is 21.3. The summed E-state index contributed by atoms with van der Waals surface area (Å²) in [5.41, 5.74) is 1.38. The second-order valence-electron chi connectivity index (χ2n) is 7.60. The van der Waals surface area contributed by atoms with Crippen molar-refractivity contribution in [2.24, 2.45) is 5.92 Å². The first-order valence-electron chi connectivity index (χ1n) is 10.2. The third kappa shape index (κ3) is 4.55. The zero-order valence-corrected chi connectivity index (χ0v) is 18.1. The van der Waals surface area contributed by atoms with Gasteiger partial charge in [0.2, 0.25) is 15.9 Å². The topological polar surface area (TPSA) is 88.6 Å². The van der Waals surface area contributed by atoms with E-state index in [1.807, 2.05) is 36.4 Å². The summed E-state index contributed by atoms with van der Waals surface area (Å²) in [4.78, 5) is 17.2. The summed E-state index contributed by atoms with van der Waals surface area (Å²) in [5, 5.41) is 3.70. The van der Waals surface area contributed by atoms with Gasteiger partial charge in [0, 0.05) is 31.2 Å². The quantitative estimate of drug-likeness (QED) is 0.638. The summed E-state index contributed by atoms with van der Waals surface area (Å²) < 4.78 is 33.3. The third-order valence-corrected chi connectivity index (χ3v) is 7.47. The van der Waals surface area contributed by atoms with E-state index in [0.29, 0.717) is 31.4 Å². The van der Waals surface area contributed by atoms with Gasteiger partial charge in [-0.15, -0.1) is 0 Å². The summed E-state index contributed by atoms with van der Waals surface area (Å²) >= 11 is 0. The maximum absolute atomic E-state index is 13.4. The Hall–Kier alpha value is -2.97. The standard InChI is InChI=1S/C23H25N3O4S/c1-30-20-10-2-6-17(14-20)15-25-23(27)19-9-5-13-26(16-19)31(28,29)21-11-3-7-18-8-4-12-24-22(18)21/h2-4,6-8,10-12,14,19H,5,9,13,15-16H2,1H3,(H,25,27). The summed E-state index contributed by atoms with van der Waals surface area (Å²) in [5.74, 6) is 0.196. The fourth-order valence-corrected chi connectivity index (χ4v) is 5.60. The minimum atomic E-state index is -3.76. The van der Waals surface area contributed by atoms with Crippen molar-refractivity contribution in [3.63, 3.8) is 0 Å². The molecule has 8 heteroatoms. The smallest absolute Gasteiger partial charge is 0.245 e. The van der Waals surface area contributed by atoms with Gasteiger partial charge in [-0.1, -0.05) is 30.3 Å². The molecule has 0 spiro atoms. The van der Waals surface area contributed by atoms with Crippen LogP contribution in [0.3, 0.4) is 0 Å². The van der Waals surface area contributed by atoms with Gasteiger partial charge in [0.15, 0.2) is 0 Å². The van der Waals surface area contributed by atoms with Crippen LogP contribution in [-0.4, -0.2) is 43.8 Å². The molecule has 1 amide bonds. The zero-order valence-electron chi connectivity index (χ0n) is 17.3. The molecular weight excluding hydrogens is 414 g/mol. The molecule has 1 N–H and O–H groups in total. The number of sulfonamides is 1. The van der Waals surface area contributed by atoms with Crippen molar-refractivity contribution in [1.29, 1.82) is 0 Å². The Morgan fingerprint density at radius 3 is 2.84 bits per heavy atom. The van der Waals surface area contributed by atoms with E-state index in [1.54, 1.807) is 31.5 Å². The fourth-order valence-electron chi connectivity index (χ4n) is 3.91. The number of benzene rings is 2. The average molecular weight is 440 g/mol. The van der Waals surface area contributed by atoms with Crippen LogP contribution in [0.2, 0.25) is 0 Å². The molecule has 1 aliphatic rings. The number of hydrogen-bond acceptors (Lipinski definition) is 5. The molecule has 4 rings (SSSR count). The molecule has 2 heterocycles. The number of carbonyl (C=O) groups is 1. The Bertz CT molecular complexity index is 1190. The van der Waals surface area contributed by atoms with Gasteiger partial charge >= 0.3 is 0 Å². The molecule has 1 aromatic heterocycles. The molecule has 1 saturated heterocycles. The highest BCUT2D eigenvalue weighted by Gasteiger charge is 2.34. The average Bonchev–Trinajstić information content (AvgIpc) is 2.82. The second kappa shape index (κ2) is 9.03. The Kier molecular flexibility index (Phi) is 6.20. The van der Waals surface area contributed by atoms with E-state index in [-0.39, 0.29) is 17.3 Å². The number of fused-ring (bicyclic) bond motifs is 1. The predicted molar refractivity (Wildman–Crippen MR) is 118 cm³/mol. The zero-order chi connectivity index (χ0) is 21.8. The normalized spacial score (nSPS) is 17.4. The third-order valence-electron chi connectivity index (χ3n) is 5.57. The number of ether oxygens (including phenoxy) is 1. The molecule has 7 nitrogen and oxygen atoms in total. The summed E-state index contributed by atoms with van der Waals surface area (Å²) in [6.07, 6.45) is 2.88. The number of pyridine rings is 1. The molecule has 162 valence electrons. The van der Waals surface area contributed by atoms with Crippen LogP contribution in [0.4, 0.5) is 0 Å². The molecule has 31 heavy (non-hydrogen) atoms. The van der Waals surface area contributed by atoms with Gasteiger partial charge in [0.1, 0.15) is 10.6 Å². The van der Waals surface area contributed by atoms with E-state index in [0.717, 1.165) is 16.7 Å². The van der Waals surface area contributed by atoms with Gasteiger partial charge in [-0.3, -0.25) is 9.78 Å². The number of nitrogens with one attached hydrogen (secondary N) is 1. The highest BCUT2D eigenvalue weighted by molar-refractivity contribution is 7.89. The van der Waals surface area contributed by atoms with Gasteiger partial charge in [-0.2, -0.15) is 4.31 Å². The number of amides is 1. The number of aromatic nitrogens is 1. The minimum Gasteiger partial charge on any atom is -0.497 e. The van der Waals surface area contributed by atoms with E-state index >= 15 is 0 Å². The van der Waals surface area contributed by atoms with Crippen molar-refractivity contribution in [1.82, 2.24) is 14.6 Å². The van der Waals surface area contributed by atoms with Crippen LogP contribution in [-0.2, 0) is 21.4 Å². The van der Waals surface area contributed by atoms with Crippen LogP contribution in [0.1, 0.15) is 18.4 Å².